The van der Waals surface area contributed by atoms with Crippen LogP contribution in [0.4, 0.5) is 0 Å². The normalized spacial score (nSPS) is 28.3. The minimum atomic E-state index is -2.51. The third-order valence-electron chi connectivity index (χ3n) is 6.11. The summed E-state index contributed by atoms with van der Waals surface area (Å²) in [5, 5.41) is 44.2. The quantitative estimate of drug-likeness (QED) is 0.348. The number of phenols is 1. The molecule has 9 heteroatoms. The number of phenolic OH excluding ortho intramolecular Hbond substituents is 1. The van der Waals surface area contributed by atoms with E-state index in [4.69, 9.17) is 0 Å². The lowest BCUT2D eigenvalue weighted by Gasteiger charge is -2.46. The summed E-state index contributed by atoms with van der Waals surface area (Å²) >= 11 is 0. The summed E-state index contributed by atoms with van der Waals surface area (Å²) in [6, 6.07) is 4.73. The molecule has 9 nitrogen and oxygen atoms in total. The van der Waals surface area contributed by atoms with Gasteiger partial charge in [-0.3, -0.25) is 19.8 Å². The molecule has 0 aliphatic heterocycles. The minimum Gasteiger partial charge on any atom is -0.508 e. The maximum absolute atomic E-state index is 13.4. The Labute approximate surface area is 171 Å². The molecule has 0 spiro atoms. The standard InChI is InChI=1S/C21H22N2O7/c1-23(2)22-20(29)16-13(25)8-11-7-10-6-9-4-3-5-12(24)14(9)17(26)15(10)18(27)21(11,30)19(16)28/h3-5,10-11,24,26,28,30H,6-8H2,1-2H3,(H,22,29). The van der Waals surface area contributed by atoms with E-state index in [2.05, 4.69) is 5.43 Å². The molecule has 3 aliphatic carbocycles. The maximum atomic E-state index is 13.4. The number of rotatable bonds is 2. The highest BCUT2D eigenvalue weighted by molar-refractivity contribution is 6.23. The second-order valence-electron chi connectivity index (χ2n) is 8.19. The number of nitrogens with one attached hydrogen (secondary N) is 1. The zero-order valence-electron chi connectivity index (χ0n) is 16.5. The average molecular weight is 414 g/mol. The van der Waals surface area contributed by atoms with E-state index < -0.39 is 52.0 Å². The van der Waals surface area contributed by atoms with Gasteiger partial charge in [-0.1, -0.05) is 12.1 Å². The van der Waals surface area contributed by atoms with E-state index >= 15 is 0 Å². The van der Waals surface area contributed by atoms with Gasteiger partial charge in [-0.15, -0.1) is 0 Å². The highest BCUT2D eigenvalue weighted by Gasteiger charge is 2.60. The first-order valence-electron chi connectivity index (χ1n) is 9.54. The maximum Gasteiger partial charge on any atom is 0.272 e. The molecule has 1 amide bonds. The number of aromatic hydroxyl groups is 1. The summed E-state index contributed by atoms with van der Waals surface area (Å²) in [6.45, 7) is 0. The average Bonchev–Trinajstić information content (AvgIpc) is 2.64. The van der Waals surface area contributed by atoms with Crippen LogP contribution in [0.25, 0.3) is 5.76 Å². The number of aliphatic hydroxyl groups is 3. The Kier molecular flexibility index (Phi) is 4.48. The monoisotopic (exact) mass is 414 g/mol. The second-order valence-corrected chi connectivity index (χ2v) is 8.19. The zero-order valence-corrected chi connectivity index (χ0v) is 16.5. The fraction of sp³-hybridized carbons (Fsp3) is 0.381. The van der Waals surface area contributed by atoms with Crippen molar-refractivity contribution in [2.75, 3.05) is 14.1 Å². The van der Waals surface area contributed by atoms with Crippen molar-refractivity contribution in [2.24, 2.45) is 11.8 Å². The molecule has 5 N–H and O–H groups in total. The van der Waals surface area contributed by atoms with Gasteiger partial charge in [0.15, 0.2) is 11.4 Å². The number of carbonyl (C=O) groups is 3. The Morgan fingerprint density at radius 3 is 2.53 bits per heavy atom. The van der Waals surface area contributed by atoms with Gasteiger partial charge in [0.25, 0.3) is 5.91 Å². The summed E-state index contributed by atoms with van der Waals surface area (Å²) in [7, 11) is 3.01. The molecular weight excluding hydrogens is 392 g/mol. The van der Waals surface area contributed by atoms with Crippen LogP contribution in [-0.4, -0.2) is 62.6 Å². The van der Waals surface area contributed by atoms with Gasteiger partial charge in [-0.2, -0.15) is 0 Å². The van der Waals surface area contributed by atoms with Crippen LogP contribution in [0.3, 0.4) is 0 Å². The smallest absolute Gasteiger partial charge is 0.272 e. The number of hydrogen-bond acceptors (Lipinski definition) is 8. The number of fused-ring (bicyclic) bond motifs is 3. The molecule has 0 saturated heterocycles. The van der Waals surface area contributed by atoms with Crippen LogP contribution in [0.1, 0.15) is 24.0 Å². The Bertz CT molecular complexity index is 1060. The van der Waals surface area contributed by atoms with E-state index in [1.54, 1.807) is 12.1 Å². The zero-order chi connectivity index (χ0) is 22.0. The molecule has 0 aromatic heterocycles. The van der Waals surface area contributed by atoms with Crippen LogP contribution >= 0.6 is 0 Å². The number of amides is 1. The van der Waals surface area contributed by atoms with Crippen molar-refractivity contribution in [2.45, 2.75) is 24.9 Å². The van der Waals surface area contributed by atoms with Crippen molar-refractivity contribution in [1.82, 2.24) is 10.4 Å². The van der Waals surface area contributed by atoms with E-state index in [-0.39, 0.29) is 29.7 Å². The second kappa shape index (κ2) is 6.68. The summed E-state index contributed by atoms with van der Waals surface area (Å²) in [5.41, 5.74) is -0.211. The fourth-order valence-electron chi connectivity index (χ4n) is 4.80. The highest BCUT2D eigenvalue weighted by atomic mass is 16.3. The van der Waals surface area contributed by atoms with Crippen LogP contribution in [-0.2, 0) is 20.8 Å². The first-order chi connectivity index (χ1) is 14.1. The molecule has 3 atom stereocenters. The molecule has 30 heavy (non-hydrogen) atoms. The summed E-state index contributed by atoms with van der Waals surface area (Å²) in [6.07, 6.45) is 0.184. The molecule has 0 bridgehead atoms. The van der Waals surface area contributed by atoms with E-state index in [1.807, 2.05) is 0 Å². The Balaban J connectivity index is 1.86. The van der Waals surface area contributed by atoms with Crippen molar-refractivity contribution in [3.8, 4) is 5.75 Å². The topological polar surface area (TPSA) is 147 Å². The number of benzene rings is 1. The van der Waals surface area contributed by atoms with Gasteiger partial charge in [0, 0.05) is 32.0 Å². The van der Waals surface area contributed by atoms with Crippen molar-refractivity contribution in [1.29, 1.82) is 0 Å². The van der Waals surface area contributed by atoms with E-state index in [1.165, 1.54) is 25.2 Å². The molecule has 1 aromatic rings. The number of hydrazine groups is 1. The number of Topliss-reactive ketones (excluding diaryl/α,β-unsaturated/α-hetero) is 2. The van der Waals surface area contributed by atoms with Crippen LogP contribution in [0.5, 0.6) is 5.75 Å². The first kappa shape index (κ1) is 20.1. The summed E-state index contributed by atoms with van der Waals surface area (Å²) < 4.78 is 0. The minimum absolute atomic E-state index is 0.111. The molecule has 0 radical (unpaired) electrons. The molecule has 3 unspecified atom stereocenters. The van der Waals surface area contributed by atoms with Gasteiger partial charge in [-0.05, 0) is 30.4 Å². The highest BCUT2D eigenvalue weighted by Crippen LogP contribution is 2.51. The summed E-state index contributed by atoms with van der Waals surface area (Å²) in [5.74, 6) is -5.66. The van der Waals surface area contributed by atoms with Crippen molar-refractivity contribution in [3.05, 3.63) is 46.2 Å². The van der Waals surface area contributed by atoms with Gasteiger partial charge < -0.3 is 20.4 Å². The van der Waals surface area contributed by atoms with Gasteiger partial charge in [0.1, 0.15) is 22.8 Å². The lowest BCUT2D eigenvalue weighted by molar-refractivity contribution is -0.147. The van der Waals surface area contributed by atoms with Crippen molar-refractivity contribution in [3.63, 3.8) is 0 Å². The molecule has 1 fully saturated rings. The van der Waals surface area contributed by atoms with Gasteiger partial charge in [0.2, 0.25) is 5.78 Å². The van der Waals surface area contributed by atoms with Crippen LogP contribution in [0.2, 0.25) is 0 Å². The molecule has 3 aliphatic rings. The molecule has 0 heterocycles. The lowest BCUT2D eigenvalue weighted by Crippen LogP contribution is -2.58. The SMILES string of the molecule is CN(C)NC(=O)C1=C(O)C2(O)C(=O)C3=C(O)c4c(O)cccc4CC3CC2CC1=O. The number of ketones is 2. The van der Waals surface area contributed by atoms with E-state index in [9.17, 15) is 34.8 Å². The number of aliphatic hydroxyl groups excluding tert-OH is 2. The Morgan fingerprint density at radius 1 is 1.17 bits per heavy atom. The summed E-state index contributed by atoms with van der Waals surface area (Å²) in [4.78, 5) is 38.3. The van der Waals surface area contributed by atoms with Crippen LogP contribution < -0.4 is 5.43 Å². The van der Waals surface area contributed by atoms with Crippen molar-refractivity contribution < 1.29 is 34.8 Å². The third-order valence-corrected chi connectivity index (χ3v) is 6.11. The fourth-order valence-corrected chi connectivity index (χ4v) is 4.80. The lowest BCUT2D eigenvalue weighted by atomic mass is 9.59. The van der Waals surface area contributed by atoms with Gasteiger partial charge in [0.05, 0.1) is 5.56 Å². The molecule has 1 aromatic carbocycles. The predicted molar refractivity (Wildman–Crippen MR) is 104 cm³/mol. The van der Waals surface area contributed by atoms with E-state index in [0.29, 0.717) is 12.0 Å². The van der Waals surface area contributed by atoms with Gasteiger partial charge >= 0.3 is 0 Å². The molecular formula is C21H22N2O7. The predicted octanol–water partition coefficient (Wildman–Crippen LogP) is 0.531. The van der Waals surface area contributed by atoms with Crippen LogP contribution in [0, 0.1) is 11.8 Å². The number of nitrogens with zero attached hydrogens (tertiary/aromatic N) is 1. The van der Waals surface area contributed by atoms with Crippen LogP contribution in [0.15, 0.2) is 35.1 Å². The van der Waals surface area contributed by atoms with E-state index in [0.717, 1.165) is 0 Å². The third kappa shape index (κ3) is 2.66. The Morgan fingerprint density at radius 2 is 1.87 bits per heavy atom. The first-order valence-corrected chi connectivity index (χ1v) is 9.54. The van der Waals surface area contributed by atoms with Crippen molar-refractivity contribution >= 4 is 23.2 Å². The largest absolute Gasteiger partial charge is 0.508 e. The number of hydrogen-bond donors (Lipinski definition) is 5. The number of carbonyl (C=O) groups excluding carboxylic acids is 3. The molecule has 4 rings (SSSR count). The molecule has 1 saturated carbocycles. The molecule has 158 valence electrons. The Hall–Kier alpha value is -3.17. The van der Waals surface area contributed by atoms with Gasteiger partial charge in [-0.25, -0.2) is 5.01 Å².